The van der Waals surface area contributed by atoms with Crippen LogP contribution in [0.2, 0.25) is 0 Å². The Hall–Kier alpha value is -2.44. The first-order chi connectivity index (χ1) is 10.2. The third-order valence-electron chi connectivity index (χ3n) is 3.61. The number of nitrogens with zero attached hydrogens (tertiary/aromatic N) is 4. The minimum Gasteiger partial charge on any atom is -0.352 e. The topological polar surface area (TPSA) is 81.8 Å². The van der Waals surface area contributed by atoms with Crippen molar-refractivity contribution < 1.29 is 4.79 Å². The molecule has 2 heterocycles. The van der Waals surface area contributed by atoms with Crippen molar-refractivity contribution in [1.82, 2.24) is 24.9 Å². The lowest BCUT2D eigenvalue weighted by atomic mass is 10.2. The number of hydrogen-bond acceptors (Lipinski definition) is 4. The molecule has 0 bridgehead atoms. The van der Waals surface area contributed by atoms with Gasteiger partial charge in [0.25, 0.3) is 5.56 Å². The SMILES string of the molecule is O=C(Cn1nc(-n2cccn2)ccc1=O)NC1CCCC1. The van der Waals surface area contributed by atoms with Crippen LogP contribution in [0.4, 0.5) is 0 Å². The van der Waals surface area contributed by atoms with E-state index in [1.807, 2.05) is 0 Å². The van der Waals surface area contributed by atoms with E-state index in [1.54, 1.807) is 29.2 Å². The molecule has 0 saturated heterocycles. The van der Waals surface area contributed by atoms with E-state index in [0.717, 1.165) is 25.7 Å². The summed E-state index contributed by atoms with van der Waals surface area (Å²) in [6.45, 7) is -0.0650. The monoisotopic (exact) mass is 287 g/mol. The molecule has 7 heteroatoms. The predicted octanol–water partition coefficient (Wildman–Crippen LogP) is 0.488. The molecule has 0 aromatic carbocycles. The van der Waals surface area contributed by atoms with Gasteiger partial charge in [0.05, 0.1) is 0 Å². The fraction of sp³-hybridized carbons (Fsp3) is 0.429. The van der Waals surface area contributed by atoms with Crippen molar-refractivity contribution in [3.8, 4) is 5.82 Å². The van der Waals surface area contributed by atoms with Crippen LogP contribution >= 0.6 is 0 Å². The highest BCUT2D eigenvalue weighted by atomic mass is 16.2. The molecule has 0 aliphatic heterocycles. The number of carbonyl (C=O) groups excluding carboxylic acids is 1. The summed E-state index contributed by atoms with van der Waals surface area (Å²) in [6, 6.07) is 4.99. The second-order valence-corrected chi connectivity index (χ2v) is 5.19. The largest absolute Gasteiger partial charge is 0.352 e. The molecular weight excluding hydrogens is 270 g/mol. The Morgan fingerprint density at radius 1 is 1.33 bits per heavy atom. The molecule has 1 N–H and O–H groups in total. The van der Waals surface area contributed by atoms with Crippen LogP contribution < -0.4 is 10.9 Å². The maximum atomic E-state index is 12.0. The molecule has 0 radical (unpaired) electrons. The molecule has 0 atom stereocenters. The molecule has 3 rings (SSSR count). The van der Waals surface area contributed by atoms with Crippen LogP contribution in [-0.2, 0) is 11.3 Å². The smallest absolute Gasteiger partial charge is 0.267 e. The standard InChI is InChI=1S/C14H17N5O2/c20-13(16-11-4-1-2-5-11)10-19-14(21)7-6-12(17-19)18-9-3-8-15-18/h3,6-9,11H,1-2,4-5,10H2,(H,16,20). The molecule has 1 aliphatic carbocycles. The summed E-state index contributed by atoms with van der Waals surface area (Å²) < 4.78 is 2.71. The summed E-state index contributed by atoms with van der Waals surface area (Å²) in [4.78, 5) is 23.8. The van der Waals surface area contributed by atoms with Gasteiger partial charge in [-0.25, -0.2) is 9.36 Å². The normalized spacial score (nSPS) is 15.2. The quantitative estimate of drug-likeness (QED) is 0.887. The molecule has 0 spiro atoms. The van der Waals surface area contributed by atoms with E-state index in [-0.39, 0.29) is 24.1 Å². The Bertz CT molecular complexity index is 671. The van der Waals surface area contributed by atoms with Gasteiger partial charge in [-0.3, -0.25) is 9.59 Å². The van der Waals surface area contributed by atoms with E-state index in [0.29, 0.717) is 5.82 Å². The summed E-state index contributed by atoms with van der Waals surface area (Å²) >= 11 is 0. The molecule has 1 amide bonds. The van der Waals surface area contributed by atoms with Crippen LogP contribution in [0.5, 0.6) is 0 Å². The summed E-state index contributed by atoms with van der Waals surface area (Å²) in [7, 11) is 0. The van der Waals surface area contributed by atoms with Gasteiger partial charge in [0.2, 0.25) is 5.91 Å². The van der Waals surface area contributed by atoms with Crippen LogP contribution in [0.1, 0.15) is 25.7 Å². The van der Waals surface area contributed by atoms with Gasteiger partial charge < -0.3 is 5.32 Å². The highest BCUT2D eigenvalue weighted by molar-refractivity contribution is 5.75. The highest BCUT2D eigenvalue weighted by Crippen LogP contribution is 2.17. The Labute approximate surface area is 121 Å². The minimum atomic E-state index is -0.299. The van der Waals surface area contributed by atoms with Gasteiger partial charge in [0.15, 0.2) is 5.82 Å². The molecule has 0 unspecified atom stereocenters. The van der Waals surface area contributed by atoms with E-state index < -0.39 is 0 Å². The van der Waals surface area contributed by atoms with Gasteiger partial charge in [-0.15, -0.1) is 5.10 Å². The summed E-state index contributed by atoms with van der Waals surface area (Å²) in [6.07, 6.45) is 7.69. The second-order valence-electron chi connectivity index (χ2n) is 5.19. The molecule has 1 fully saturated rings. The average Bonchev–Trinajstić information content (AvgIpc) is 3.14. The Kier molecular flexibility index (Phi) is 3.81. The van der Waals surface area contributed by atoms with E-state index >= 15 is 0 Å². The average molecular weight is 287 g/mol. The fourth-order valence-electron chi connectivity index (χ4n) is 2.56. The number of hydrogen-bond donors (Lipinski definition) is 1. The lowest BCUT2D eigenvalue weighted by molar-refractivity contribution is -0.122. The van der Waals surface area contributed by atoms with Crippen LogP contribution in [0.3, 0.4) is 0 Å². The second kappa shape index (κ2) is 5.90. The summed E-state index contributed by atoms with van der Waals surface area (Å²) in [5.41, 5.74) is -0.299. The van der Waals surface area contributed by atoms with Crippen molar-refractivity contribution in [2.24, 2.45) is 0 Å². The maximum absolute atomic E-state index is 12.0. The van der Waals surface area contributed by atoms with Crippen LogP contribution in [-0.4, -0.2) is 31.5 Å². The molecule has 2 aromatic heterocycles. The third-order valence-corrected chi connectivity index (χ3v) is 3.61. The predicted molar refractivity (Wildman–Crippen MR) is 76.0 cm³/mol. The molecule has 1 aliphatic rings. The van der Waals surface area contributed by atoms with E-state index in [9.17, 15) is 9.59 Å². The number of rotatable bonds is 4. The number of nitrogens with one attached hydrogen (secondary N) is 1. The van der Waals surface area contributed by atoms with E-state index in [4.69, 9.17) is 0 Å². The van der Waals surface area contributed by atoms with Gasteiger partial charge in [-0.05, 0) is 25.0 Å². The summed E-state index contributed by atoms with van der Waals surface area (Å²) in [5, 5.41) is 11.2. The van der Waals surface area contributed by atoms with E-state index in [2.05, 4.69) is 15.5 Å². The fourth-order valence-corrected chi connectivity index (χ4v) is 2.56. The molecular formula is C14H17N5O2. The maximum Gasteiger partial charge on any atom is 0.267 e. The third kappa shape index (κ3) is 3.18. The van der Waals surface area contributed by atoms with Crippen LogP contribution in [0.15, 0.2) is 35.4 Å². The zero-order valence-electron chi connectivity index (χ0n) is 11.6. The van der Waals surface area contributed by atoms with Gasteiger partial charge >= 0.3 is 0 Å². The Balaban J connectivity index is 1.73. The first-order valence-corrected chi connectivity index (χ1v) is 7.10. The summed E-state index contributed by atoms with van der Waals surface area (Å²) in [5.74, 6) is 0.336. The number of amides is 1. The van der Waals surface area contributed by atoms with Gasteiger partial charge in [0, 0.05) is 24.5 Å². The van der Waals surface area contributed by atoms with Gasteiger partial charge in [0.1, 0.15) is 6.54 Å². The van der Waals surface area contributed by atoms with Crippen molar-refractivity contribution in [2.45, 2.75) is 38.3 Å². The highest BCUT2D eigenvalue weighted by Gasteiger charge is 2.17. The first-order valence-electron chi connectivity index (χ1n) is 7.10. The molecule has 7 nitrogen and oxygen atoms in total. The Morgan fingerprint density at radius 3 is 2.86 bits per heavy atom. The zero-order valence-corrected chi connectivity index (χ0v) is 11.6. The van der Waals surface area contributed by atoms with Crippen LogP contribution in [0, 0.1) is 0 Å². The van der Waals surface area contributed by atoms with Gasteiger partial charge in [-0.1, -0.05) is 12.8 Å². The van der Waals surface area contributed by atoms with Gasteiger partial charge in [-0.2, -0.15) is 5.10 Å². The molecule has 110 valence electrons. The number of carbonyl (C=O) groups is 1. The van der Waals surface area contributed by atoms with Crippen molar-refractivity contribution in [3.63, 3.8) is 0 Å². The van der Waals surface area contributed by atoms with Crippen molar-refractivity contribution in [1.29, 1.82) is 0 Å². The molecule has 21 heavy (non-hydrogen) atoms. The van der Waals surface area contributed by atoms with Crippen LogP contribution in [0.25, 0.3) is 5.82 Å². The van der Waals surface area contributed by atoms with Crippen molar-refractivity contribution in [2.75, 3.05) is 0 Å². The first kappa shape index (κ1) is 13.5. The number of aromatic nitrogens is 4. The van der Waals surface area contributed by atoms with Crippen molar-refractivity contribution >= 4 is 5.91 Å². The minimum absolute atomic E-state index is 0.0650. The lowest BCUT2D eigenvalue weighted by Gasteiger charge is -2.12. The molecule has 2 aromatic rings. The lowest BCUT2D eigenvalue weighted by Crippen LogP contribution is -2.38. The Morgan fingerprint density at radius 2 is 2.14 bits per heavy atom. The molecule has 1 saturated carbocycles. The van der Waals surface area contributed by atoms with E-state index in [1.165, 1.54) is 10.7 Å². The van der Waals surface area contributed by atoms with Crippen molar-refractivity contribution in [3.05, 3.63) is 40.9 Å². The zero-order chi connectivity index (χ0) is 14.7.